The number of aromatic carboxylic acids is 1. The Morgan fingerprint density at radius 1 is 0.474 bits per heavy atom. The van der Waals surface area contributed by atoms with Gasteiger partial charge in [-0.05, 0) is 210 Å². The summed E-state index contributed by atoms with van der Waals surface area (Å²) in [5.74, 6) is -16.8. The Hall–Kier alpha value is -13.0. The number of phenolic OH excluding ortho intramolecular Hbond substituents is 2. The molecule has 0 fully saturated rings. The van der Waals surface area contributed by atoms with Gasteiger partial charge in [0.15, 0.2) is 40.3 Å². The molecule has 8 rings (SSSR count). The van der Waals surface area contributed by atoms with Crippen LogP contribution in [0.5, 0.6) is 11.5 Å². The molecule has 135 heavy (non-hydrogen) atoms. The van der Waals surface area contributed by atoms with Gasteiger partial charge >= 0.3 is 11.9 Å². The Kier molecular flexibility index (Phi) is 43.2. The van der Waals surface area contributed by atoms with Gasteiger partial charge in [-0.3, -0.25) is 72.5 Å². The molecule has 34 nitrogen and oxygen atoms in total. The van der Waals surface area contributed by atoms with Gasteiger partial charge in [-0.2, -0.15) is 11.8 Å². The van der Waals surface area contributed by atoms with Crippen LogP contribution in [0.1, 0.15) is 187 Å². The number of aromatic nitrogens is 1. The van der Waals surface area contributed by atoms with Crippen molar-refractivity contribution in [3.05, 3.63) is 178 Å². The van der Waals surface area contributed by atoms with Crippen molar-refractivity contribution in [3.63, 3.8) is 0 Å². The Morgan fingerprint density at radius 3 is 1.66 bits per heavy atom. The van der Waals surface area contributed by atoms with Crippen molar-refractivity contribution >= 4 is 122 Å². The number of ketones is 5. The molecule has 0 bridgehead atoms. The minimum Gasteiger partial charge on any atom is -0.508 e. The first-order valence-electron chi connectivity index (χ1n) is 46.1. The number of rotatable bonds is 61. The van der Waals surface area contributed by atoms with E-state index in [1.54, 1.807) is 76.4 Å². The lowest BCUT2D eigenvalue weighted by Gasteiger charge is -2.29. The van der Waals surface area contributed by atoms with Gasteiger partial charge in [0, 0.05) is 140 Å². The van der Waals surface area contributed by atoms with E-state index >= 15 is 24.0 Å². The van der Waals surface area contributed by atoms with E-state index in [0.29, 0.717) is 90.6 Å². The number of fused-ring (bicyclic) bond motifs is 3. The van der Waals surface area contributed by atoms with E-state index in [9.17, 15) is 68.4 Å². The number of amides is 7. The molecule has 10 atom stereocenters. The number of carboxylic acids is 2. The van der Waals surface area contributed by atoms with E-state index in [0.717, 1.165) is 10.9 Å². The van der Waals surface area contributed by atoms with Crippen molar-refractivity contribution < 1.29 is 92.0 Å². The quantitative estimate of drug-likeness (QED) is 0.00733. The van der Waals surface area contributed by atoms with Crippen LogP contribution in [0.2, 0.25) is 0 Å². The normalized spacial score (nSPS) is 13.6. The standard InChI is InChI=1S/C100H130N14O20S/c1-58(2)75(97(129)112-80(38-45-135-5)84(120)53-66(48-67-57-109-77-23-10-9-22-71(67)77)95(127)111-79(25-13-16-41-103)83(119)51-64(98(130)131)20-11-14-39-101)56-86(122)92(59(3)4)114-96(128)65(46-61-26-29-68(115)30-27-61)52-85(121)81(47-60-18-7-6-8-19-60)113-94(126)62(21-17-42-108-100(104)105)50-82(118)78(24-12-15-40-102)110-90(124)37-43-106-89(123)36-44-107-93(125)63-28-33-72(76(49-63)99(132)133)91-73-34-31-69(116)54-87(73)134-88-55-70(117)32-35-74(88)91/h6-10,18-19,22-23,26-35,49,54-55,57-59,62,64-66,75,78-81,92,109,115-116H,11-17,20-21,24-25,36-48,50-53,56,101-103H2,1-5H3,(H,106,123)(H,107,125)(H,110,124)(H,111,127)(H,112,129)(H,113,126)(H,114,128)(H,130,131)(H,132,133)(H4,104,105,108)/t62-,64-,65-,66-,75+,78+,79+,80+,81+,92+/m1/s1. The second-order valence-corrected chi connectivity index (χ2v) is 36.1. The second kappa shape index (κ2) is 54.4. The molecule has 5 aromatic carbocycles. The first-order valence-corrected chi connectivity index (χ1v) is 47.5. The zero-order valence-corrected chi connectivity index (χ0v) is 78.1. The summed E-state index contributed by atoms with van der Waals surface area (Å²) in [7, 11) is 0. The molecule has 6 aromatic rings. The number of para-hydroxylation sites is 1. The molecule has 7 amide bonds. The van der Waals surface area contributed by atoms with Crippen LogP contribution in [0.25, 0.3) is 44.3 Å². The highest BCUT2D eigenvalue weighted by atomic mass is 32.2. The predicted molar refractivity (Wildman–Crippen MR) is 515 cm³/mol. The van der Waals surface area contributed by atoms with Crippen molar-refractivity contribution in [3.8, 4) is 33.9 Å². The van der Waals surface area contributed by atoms with Gasteiger partial charge in [0.1, 0.15) is 22.8 Å². The fourth-order valence-corrected chi connectivity index (χ4v) is 17.0. The van der Waals surface area contributed by atoms with Gasteiger partial charge in [0.2, 0.25) is 35.4 Å². The molecule has 2 aliphatic rings. The minimum atomic E-state index is -1.38. The van der Waals surface area contributed by atoms with Gasteiger partial charge in [0.25, 0.3) is 5.91 Å². The van der Waals surface area contributed by atoms with Crippen LogP contribution in [0.15, 0.2) is 149 Å². The summed E-state index contributed by atoms with van der Waals surface area (Å²) >= 11 is 1.41. The molecule has 1 aromatic heterocycles. The first-order chi connectivity index (χ1) is 64.6. The van der Waals surface area contributed by atoms with Crippen LogP contribution < -0.4 is 70.9 Å². The third-order valence-corrected chi connectivity index (χ3v) is 24.8. The van der Waals surface area contributed by atoms with E-state index in [4.69, 9.17) is 32.8 Å². The topological polar surface area (TPSA) is 590 Å². The Morgan fingerprint density at radius 2 is 1.02 bits per heavy atom. The highest BCUT2D eigenvalue weighted by Crippen LogP contribution is 2.43. The lowest BCUT2D eigenvalue weighted by molar-refractivity contribution is -0.144. The zero-order chi connectivity index (χ0) is 98.4. The molecule has 0 saturated heterocycles. The smallest absolute Gasteiger partial charge is 0.336 e. The van der Waals surface area contributed by atoms with Crippen LogP contribution in [-0.4, -0.2) is 195 Å². The van der Waals surface area contributed by atoms with Gasteiger partial charge < -0.3 is 95.3 Å². The monoisotopic (exact) mass is 1880 g/mol. The number of carbonyl (C=O) groups is 14. The number of aliphatic carboxylic acids is 1. The lowest BCUT2D eigenvalue weighted by Crippen LogP contribution is -2.51. The number of hydrogen-bond acceptors (Lipinski definition) is 23. The zero-order valence-electron chi connectivity index (χ0n) is 77.3. The maximum Gasteiger partial charge on any atom is 0.336 e. The van der Waals surface area contributed by atoms with Crippen molar-refractivity contribution in [2.75, 3.05) is 51.3 Å². The second-order valence-electron chi connectivity index (χ2n) is 35.1. The molecule has 0 saturated carbocycles. The summed E-state index contributed by atoms with van der Waals surface area (Å²) in [6.07, 6.45) is 4.15. The number of nitrogens with one attached hydrogen (secondary N) is 10. The molecule has 1 aliphatic carbocycles. The fraction of sp³-hybridized carbons (Fsp3) is 0.460. The number of hydrogen-bond donors (Lipinski definition) is 18. The van der Waals surface area contributed by atoms with E-state index in [-0.39, 0.29) is 154 Å². The minimum absolute atomic E-state index is 0.00392. The number of nitrogens with two attached hydrogens (primary N) is 4. The van der Waals surface area contributed by atoms with Gasteiger partial charge in [-0.25, -0.2) is 4.79 Å². The number of unbranched alkanes of at least 4 members (excludes halogenated alkanes) is 3. The fourth-order valence-electron chi connectivity index (χ4n) is 16.6. The van der Waals surface area contributed by atoms with Gasteiger partial charge in [0.05, 0.1) is 41.7 Å². The van der Waals surface area contributed by atoms with E-state index in [1.807, 2.05) is 30.5 Å². The number of benzene rings is 6. The molecule has 22 N–H and O–H groups in total. The first kappa shape index (κ1) is 107. The maximum absolute atomic E-state index is 15.4. The summed E-state index contributed by atoms with van der Waals surface area (Å²) < 4.78 is 5.92. The third kappa shape index (κ3) is 33.6. The number of phenols is 2. The molecule has 1 aliphatic heterocycles. The maximum atomic E-state index is 15.4. The number of carbonyl (C=O) groups excluding carboxylic acids is 12. The molecule has 2 heterocycles. The van der Waals surface area contributed by atoms with Crippen molar-refractivity contribution in [2.24, 2.45) is 64.4 Å². The number of aromatic amines is 1. The number of carboxylic acid groups (broad SMARTS) is 2. The van der Waals surface area contributed by atoms with Crippen molar-refractivity contribution in [2.45, 2.75) is 199 Å². The molecular weight excluding hydrogens is 1750 g/mol. The van der Waals surface area contributed by atoms with Gasteiger partial charge in [-0.15, -0.1) is 0 Å². The van der Waals surface area contributed by atoms with Crippen LogP contribution in [0.4, 0.5) is 0 Å². The largest absolute Gasteiger partial charge is 0.508 e. The van der Waals surface area contributed by atoms with Gasteiger partial charge in [-0.1, -0.05) is 101 Å². The van der Waals surface area contributed by atoms with E-state index in [1.165, 1.54) is 78.5 Å². The molecule has 35 heteroatoms. The molecule has 0 radical (unpaired) electrons. The SMILES string of the molecule is CSCC[C@H](NC(=O)[C@@H](CC(=O)[C@@H](NC(=O)[C@@H](CC(=O)[C@H](Cc1ccccc1)NC(=O)[C@H](CCCNC(=N)N)CC(=O)[C@H](CCCCN)NC(=O)CCNC(=O)CCNC(=O)c1ccc(-c2c3ccc(=O)cc-3oc3cc(O)ccc23)c(C(=O)O)c1)Cc1ccc(O)cc1)C(C)C)C(C)C)C(=O)C[C@@H](Cc1c[nH]c2ccccc12)C(=O)N[C@@H](CCCCN)C(=O)C[C@@H](CCCCN)C(=O)O. The van der Waals surface area contributed by atoms with Crippen molar-refractivity contribution in [1.82, 2.24) is 47.5 Å². The Balaban J connectivity index is 0.948. The summed E-state index contributed by atoms with van der Waals surface area (Å²) in [4.78, 5) is 216. The molecule has 0 unspecified atom stereocenters. The highest BCUT2D eigenvalue weighted by molar-refractivity contribution is 7.98. The Bertz CT molecular complexity index is 5450. The summed E-state index contributed by atoms with van der Waals surface area (Å²) in [6.45, 7) is 7.43. The average molecular weight is 1880 g/mol. The summed E-state index contributed by atoms with van der Waals surface area (Å²) in [5, 5.41) is 72.6. The summed E-state index contributed by atoms with van der Waals surface area (Å²) in [5.41, 5.74) is 26.1. The van der Waals surface area contributed by atoms with E-state index < -0.39 is 180 Å². The molecule has 0 spiro atoms. The highest BCUT2D eigenvalue weighted by Gasteiger charge is 2.39. The lowest BCUT2D eigenvalue weighted by atomic mass is 9.84. The van der Waals surface area contributed by atoms with Crippen LogP contribution in [0, 0.1) is 46.8 Å². The predicted octanol–water partition coefficient (Wildman–Crippen LogP) is 8.61. The summed E-state index contributed by atoms with van der Waals surface area (Å²) in [6, 6.07) is 28.2. The Labute approximate surface area is 789 Å². The number of thioether (sulfide) groups is 1. The number of guanidine groups is 1. The van der Waals surface area contributed by atoms with E-state index in [2.05, 4.69) is 47.5 Å². The van der Waals surface area contributed by atoms with Crippen LogP contribution in [0.3, 0.4) is 0 Å². The number of H-pyrrole nitrogens is 1. The molecular formula is C100H130N14O20S. The van der Waals surface area contributed by atoms with Crippen LogP contribution in [-0.2, 0) is 76.8 Å². The average Bonchev–Trinajstić information content (AvgIpc) is 1.02. The number of Topliss-reactive ketones (excluding diaryl/α,β-unsaturated/α-hetero) is 5. The van der Waals surface area contributed by atoms with Crippen LogP contribution >= 0.6 is 11.8 Å². The molecule has 726 valence electrons. The van der Waals surface area contributed by atoms with Crippen molar-refractivity contribution in [1.29, 1.82) is 5.41 Å². The third-order valence-electron chi connectivity index (χ3n) is 24.1. The number of aromatic hydroxyl groups is 2.